The first-order valence-corrected chi connectivity index (χ1v) is 10.1. The fourth-order valence-corrected chi connectivity index (χ4v) is 4.28. The molecule has 0 spiro atoms. The predicted molar refractivity (Wildman–Crippen MR) is 113 cm³/mol. The molecule has 1 saturated heterocycles. The van der Waals surface area contributed by atoms with Crippen molar-refractivity contribution >= 4 is 23.2 Å². The standard InChI is InChI=1S/C23H27N3O3/c1-17-15-18-5-3-4-6-21(18)26(17)23(28)16-22(27)25-13-11-24(12-14-25)19-7-9-20(29-2)10-8-19/h3-10,17H,11-16H2,1-2H3. The van der Waals surface area contributed by atoms with Crippen molar-refractivity contribution < 1.29 is 14.3 Å². The van der Waals surface area contributed by atoms with Crippen LogP contribution in [0, 0.1) is 0 Å². The van der Waals surface area contributed by atoms with Crippen LogP contribution in [0.5, 0.6) is 5.75 Å². The Morgan fingerprint density at radius 3 is 2.34 bits per heavy atom. The average Bonchev–Trinajstić information content (AvgIpc) is 3.09. The second kappa shape index (κ2) is 8.15. The number of piperazine rings is 1. The van der Waals surface area contributed by atoms with E-state index in [1.165, 1.54) is 5.56 Å². The summed E-state index contributed by atoms with van der Waals surface area (Å²) in [6, 6.07) is 16.0. The molecule has 0 radical (unpaired) electrons. The molecule has 0 bridgehead atoms. The van der Waals surface area contributed by atoms with E-state index in [2.05, 4.69) is 11.0 Å². The first kappa shape index (κ1) is 19.3. The summed E-state index contributed by atoms with van der Waals surface area (Å²) in [5, 5.41) is 0. The molecule has 6 heteroatoms. The van der Waals surface area contributed by atoms with Crippen molar-refractivity contribution in [2.45, 2.75) is 25.8 Å². The van der Waals surface area contributed by atoms with Crippen molar-refractivity contribution in [1.29, 1.82) is 0 Å². The van der Waals surface area contributed by atoms with Gasteiger partial charge in [0.1, 0.15) is 12.2 Å². The Balaban J connectivity index is 1.33. The van der Waals surface area contributed by atoms with E-state index in [4.69, 9.17) is 4.74 Å². The molecule has 2 heterocycles. The summed E-state index contributed by atoms with van der Waals surface area (Å²) in [6.45, 7) is 4.81. The number of hydrogen-bond donors (Lipinski definition) is 0. The normalized spacial score (nSPS) is 18.6. The number of carbonyl (C=O) groups excluding carboxylic acids is 2. The molecule has 0 aromatic heterocycles. The molecule has 0 aliphatic carbocycles. The Morgan fingerprint density at radius 1 is 0.966 bits per heavy atom. The van der Waals surface area contributed by atoms with Gasteiger partial charge in [-0.1, -0.05) is 18.2 Å². The molecule has 6 nitrogen and oxygen atoms in total. The fourth-order valence-electron chi connectivity index (χ4n) is 4.28. The zero-order valence-corrected chi connectivity index (χ0v) is 17.0. The molecule has 29 heavy (non-hydrogen) atoms. The van der Waals surface area contributed by atoms with Gasteiger partial charge in [-0.25, -0.2) is 0 Å². The van der Waals surface area contributed by atoms with Crippen LogP contribution in [-0.4, -0.2) is 56.0 Å². The molecule has 152 valence electrons. The fraction of sp³-hybridized carbons (Fsp3) is 0.391. The van der Waals surface area contributed by atoms with Gasteiger partial charge in [-0.15, -0.1) is 0 Å². The molecule has 2 amide bonds. The molecule has 1 fully saturated rings. The van der Waals surface area contributed by atoms with Gasteiger partial charge in [0.25, 0.3) is 0 Å². The van der Waals surface area contributed by atoms with Crippen molar-refractivity contribution in [2.24, 2.45) is 0 Å². The maximum atomic E-state index is 12.9. The molecular formula is C23H27N3O3. The van der Waals surface area contributed by atoms with Gasteiger partial charge in [0, 0.05) is 43.6 Å². The summed E-state index contributed by atoms with van der Waals surface area (Å²) in [7, 11) is 1.65. The van der Waals surface area contributed by atoms with Gasteiger partial charge in [0.05, 0.1) is 7.11 Å². The molecule has 2 aliphatic heterocycles. The Kier molecular flexibility index (Phi) is 5.43. The summed E-state index contributed by atoms with van der Waals surface area (Å²) in [5.41, 5.74) is 3.24. The molecule has 2 aromatic carbocycles. The highest BCUT2D eigenvalue weighted by Gasteiger charge is 2.32. The minimum absolute atomic E-state index is 0.0682. The van der Waals surface area contributed by atoms with Crippen molar-refractivity contribution in [3.05, 3.63) is 54.1 Å². The Hall–Kier alpha value is -3.02. The number of fused-ring (bicyclic) bond motifs is 1. The van der Waals surface area contributed by atoms with Crippen LogP contribution < -0.4 is 14.5 Å². The Labute approximate surface area is 171 Å². The molecule has 2 aliphatic rings. The van der Waals surface area contributed by atoms with Gasteiger partial charge < -0.3 is 19.4 Å². The second-order valence-electron chi connectivity index (χ2n) is 7.69. The number of carbonyl (C=O) groups is 2. The molecular weight excluding hydrogens is 366 g/mol. The predicted octanol–water partition coefficient (Wildman–Crippen LogP) is 2.71. The van der Waals surface area contributed by atoms with E-state index in [1.54, 1.807) is 12.0 Å². The van der Waals surface area contributed by atoms with E-state index in [-0.39, 0.29) is 24.3 Å². The van der Waals surface area contributed by atoms with Crippen molar-refractivity contribution in [3.63, 3.8) is 0 Å². The number of anilines is 2. The second-order valence-corrected chi connectivity index (χ2v) is 7.69. The van der Waals surface area contributed by atoms with E-state index in [0.29, 0.717) is 13.1 Å². The summed E-state index contributed by atoms with van der Waals surface area (Å²) in [4.78, 5) is 31.5. The number of nitrogens with zero attached hydrogens (tertiary/aromatic N) is 3. The topological polar surface area (TPSA) is 53.1 Å². The third-order valence-corrected chi connectivity index (χ3v) is 5.85. The van der Waals surface area contributed by atoms with E-state index in [0.717, 1.165) is 36.6 Å². The maximum Gasteiger partial charge on any atom is 0.236 e. The monoisotopic (exact) mass is 393 g/mol. The highest BCUT2D eigenvalue weighted by atomic mass is 16.5. The number of hydrogen-bond acceptors (Lipinski definition) is 4. The number of ether oxygens (including phenoxy) is 1. The van der Waals surface area contributed by atoms with Crippen LogP contribution in [0.15, 0.2) is 48.5 Å². The summed E-state index contributed by atoms with van der Waals surface area (Å²) in [6.07, 6.45) is 0.776. The third-order valence-electron chi connectivity index (χ3n) is 5.85. The van der Waals surface area contributed by atoms with E-state index in [1.807, 2.05) is 54.3 Å². The van der Waals surface area contributed by atoms with Gasteiger partial charge in [-0.3, -0.25) is 9.59 Å². The SMILES string of the molecule is COc1ccc(N2CCN(C(=O)CC(=O)N3c4ccccc4CC3C)CC2)cc1. The minimum Gasteiger partial charge on any atom is -0.497 e. The van der Waals surface area contributed by atoms with E-state index in [9.17, 15) is 9.59 Å². The molecule has 0 N–H and O–H groups in total. The Morgan fingerprint density at radius 2 is 1.66 bits per heavy atom. The highest BCUT2D eigenvalue weighted by molar-refractivity contribution is 6.06. The van der Waals surface area contributed by atoms with E-state index >= 15 is 0 Å². The Bertz CT molecular complexity index is 888. The molecule has 4 rings (SSSR count). The van der Waals surface area contributed by atoms with Crippen LogP contribution >= 0.6 is 0 Å². The molecule has 1 atom stereocenters. The van der Waals surface area contributed by atoms with Crippen molar-refractivity contribution in [3.8, 4) is 5.75 Å². The number of methoxy groups -OCH3 is 1. The van der Waals surface area contributed by atoms with Crippen LogP contribution in [-0.2, 0) is 16.0 Å². The highest BCUT2D eigenvalue weighted by Crippen LogP contribution is 2.32. The van der Waals surface area contributed by atoms with Gasteiger partial charge in [0.2, 0.25) is 11.8 Å². The molecule has 0 saturated carbocycles. The first-order chi connectivity index (χ1) is 14.1. The number of para-hydroxylation sites is 1. The largest absolute Gasteiger partial charge is 0.497 e. The minimum atomic E-state index is -0.106. The number of rotatable bonds is 4. The lowest BCUT2D eigenvalue weighted by Crippen LogP contribution is -2.50. The molecule has 2 aromatic rings. The average molecular weight is 393 g/mol. The summed E-state index contributed by atoms with van der Waals surface area (Å²) < 4.78 is 5.21. The number of benzene rings is 2. The molecule has 1 unspecified atom stereocenters. The third kappa shape index (κ3) is 3.92. The van der Waals surface area contributed by atoms with Crippen LogP contribution in [0.25, 0.3) is 0 Å². The van der Waals surface area contributed by atoms with Crippen LogP contribution in [0.1, 0.15) is 18.9 Å². The van der Waals surface area contributed by atoms with E-state index < -0.39 is 0 Å². The summed E-state index contributed by atoms with van der Waals surface area (Å²) >= 11 is 0. The number of amides is 2. The summed E-state index contributed by atoms with van der Waals surface area (Å²) in [5.74, 6) is 0.643. The van der Waals surface area contributed by atoms with Gasteiger partial charge in [-0.2, -0.15) is 0 Å². The maximum absolute atomic E-state index is 12.9. The zero-order chi connectivity index (χ0) is 20.4. The van der Waals surface area contributed by atoms with Gasteiger partial charge in [0.15, 0.2) is 0 Å². The smallest absolute Gasteiger partial charge is 0.236 e. The quantitative estimate of drug-likeness (QED) is 0.750. The van der Waals surface area contributed by atoms with Crippen LogP contribution in [0.2, 0.25) is 0 Å². The van der Waals surface area contributed by atoms with Crippen LogP contribution in [0.4, 0.5) is 11.4 Å². The van der Waals surface area contributed by atoms with Gasteiger partial charge in [-0.05, 0) is 49.2 Å². The van der Waals surface area contributed by atoms with Gasteiger partial charge >= 0.3 is 0 Å². The lowest BCUT2D eigenvalue weighted by molar-refractivity contribution is -0.135. The van der Waals surface area contributed by atoms with Crippen molar-refractivity contribution in [1.82, 2.24) is 4.90 Å². The van der Waals surface area contributed by atoms with Crippen LogP contribution in [0.3, 0.4) is 0 Å². The first-order valence-electron chi connectivity index (χ1n) is 10.1. The lowest BCUT2D eigenvalue weighted by atomic mass is 10.1. The lowest BCUT2D eigenvalue weighted by Gasteiger charge is -2.36. The zero-order valence-electron chi connectivity index (χ0n) is 17.0. The van der Waals surface area contributed by atoms with Crippen molar-refractivity contribution in [2.75, 3.05) is 43.1 Å².